The number of fused-ring (bicyclic) bond motifs is 1. The van der Waals surface area contributed by atoms with Gasteiger partial charge < -0.3 is 10.3 Å². The van der Waals surface area contributed by atoms with Crippen LogP contribution in [0.1, 0.15) is 30.1 Å². The molecule has 1 fully saturated rings. The zero-order valence-corrected chi connectivity index (χ0v) is 13.2. The quantitative estimate of drug-likeness (QED) is 0.897. The van der Waals surface area contributed by atoms with Gasteiger partial charge in [0, 0.05) is 55.2 Å². The Morgan fingerprint density at radius 1 is 1.17 bits per heavy atom. The van der Waals surface area contributed by atoms with E-state index in [0.29, 0.717) is 0 Å². The van der Waals surface area contributed by atoms with Crippen LogP contribution in [0.3, 0.4) is 0 Å². The molecular weight excluding hydrogens is 303 g/mol. The van der Waals surface area contributed by atoms with Crippen LogP contribution in [0.5, 0.6) is 0 Å². The molecule has 2 N–H and O–H groups in total. The number of hydrogen-bond donors (Lipinski definition) is 2. The van der Waals surface area contributed by atoms with E-state index < -0.39 is 12.6 Å². The molecule has 0 bridgehead atoms. The summed E-state index contributed by atoms with van der Waals surface area (Å²) in [6.45, 7) is 5.16. The third-order valence-electron chi connectivity index (χ3n) is 4.57. The van der Waals surface area contributed by atoms with Gasteiger partial charge >= 0.3 is 6.18 Å². The lowest BCUT2D eigenvalue weighted by Gasteiger charge is -2.35. The van der Waals surface area contributed by atoms with Gasteiger partial charge in [-0.15, -0.1) is 0 Å². The molecule has 23 heavy (non-hydrogen) atoms. The van der Waals surface area contributed by atoms with Gasteiger partial charge in [-0.1, -0.05) is 18.2 Å². The third kappa shape index (κ3) is 3.70. The normalized spacial score (nSPS) is 18.4. The van der Waals surface area contributed by atoms with Crippen molar-refractivity contribution in [3.8, 4) is 0 Å². The average Bonchev–Trinajstić information content (AvgIpc) is 2.84. The first kappa shape index (κ1) is 16.3. The van der Waals surface area contributed by atoms with Crippen molar-refractivity contribution in [2.45, 2.75) is 32.0 Å². The summed E-state index contributed by atoms with van der Waals surface area (Å²) < 4.78 is 38.4. The largest absolute Gasteiger partial charge is 0.389 e. The highest BCUT2D eigenvalue weighted by Crippen LogP contribution is 2.37. The van der Waals surface area contributed by atoms with Gasteiger partial charge in [0.2, 0.25) is 0 Å². The Morgan fingerprint density at radius 3 is 2.57 bits per heavy atom. The maximum Gasteiger partial charge on any atom is 0.389 e. The number of nitrogens with one attached hydrogen (secondary N) is 2. The number of alkyl halides is 3. The molecule has 1 aromatic heterocycles. The zero-order chi connectivity index (χ0) is 16.4. The number of aryl methyl sites for hydroxylation is 1. The molecule has 0 spiro atoms. The van der Waals surface area contributed by atoms with Crippen LogP contribution in [-0.4, -0.2) is 42.2 Å². The van der Waals surface area contributed by atoms with Crippen molar-refractivity contribution in [3.05, 3.63) is 35.5 Å². The first-order valence-corrected chi connectivity index (χ1v) is 8.04. The fraction of sp³-hybridized carbons (Fsp3) is 0.529. The summed E-state index contributed by atoms with van der Waals surface area (Å²) in [5.74, 6) is 0. The van der Waals surface area contributed by atoms with Crippen LogP contribution in [0.2, 0.25) is 0 Å². The molecule has 0 unspecified atom stereocenters. The van der Waals surface area contributed by atoms with Gasteiger partial charge in [0.1, 0.15) is 0 Å². The van der Waals surface area contributed by atoms with Crippen molar-refractivity contribution in [3.63, 3.8) is 0 Å². The number of nitrogens with zero attached hydrogens (tertiary/aromatic N) is 1. The van der Waals surface area contributed by atoms with Crippen LogP contribution < -0.4 is 5.32 Å². The molecule has 126 valence electrons. The van der Waals surface area contributed by atoms with E-state index in [1.165, 1.54) is 0 Å². The Labute approximate surface area is 133 Å². The van der Waals surface area contributed by atoms with E-state index in [1.54, 1.807) is 0 Å². The van der Waals surface area contributed by atoms with E-state index >= 15 is 0 Å². The maximum absolute atomic E-state index is 12.8. The van der Waals surface area contributed by atoms with Crippen LogP contribution in [0, 0.1) is 6.92 Å². The Bertz CT molecular complexity index is 657. The molecule has 2 heterocycles. The van der Waals surface area contributed by atoms with Crippen LogP contribution in [-0.2, 0) is 0 Å². The summed E-state index contributed by atoms with van der Waals surface area (Å²) >= 11 is 0. The van der Waals surface area contributed by atoms with Gasteiger partial charge in [-0.05, 0) is 25.0 Å². The minimum atomic E-state index is -4.12. The van der Waals surface area contributed by atoms with Crippen LogP contribution >= 0.6 is 0 Å². The van der Waals surface area contributed by atoms with Gasteiger partial charge in [-0.2, -0.15) is 13.2 Å². The summed E-state index contributed by atoms with van der Waals surface area (Å²) in [7, 11) is 0. The second kappa shape index (κ2) is 6.53. The monoisotopic (exact) mass is 325 g/mol. The van der Waals surface area contributed by atoms with Crippen LogP contribution in [0.25, 0.3) is 10.9 Å². The van der Waals surface area contributed by atoms with E-state index in [0.717, 1.165) is 48.3 Å². The van der Waals surface area contributed by atoms with Crippen molar-refractivity contribution in [2.24, 2.45) is 0 Å². The predicted octanol–water partition coefficient (Wildman–Crippen LogP) is 3.77. The fourth-order valence-corrected chi connectivity index (χ4v) is 3.53. The van der Waals surface area contributed by atoms with E-state index in [-0.39, 0.29) is 12.5 Å². The molecule has 0 saturated carbocycles. The number of rotatable bonds is 4. The van der Waals surface area contributed by atoms with Gasteiger partial charge in [-0.25, -0.2) is 0 Å². The van der Waals surface area contributed by atoms with E-state index in [9.17, 15) is 13.2 Å². The lowest BCUT2D eigenvalue weighted by Crippen LogP contribution is -2.45. The number of aromatic nitrogens is 1. The van der Waals surface area contributed by atoms with Crippen LogP contribution in [0.15, 0.2) is 24.3 Å². The van der Waals surface area contributed by atoms with Crippen molar-refractivity contribution in [2.75, 3.05) is 26.2 Å². The van der Waals surface area contributed by atoms with E-state index in [2.05, 4.69) is 15.2 Å². The number of piperazine rings is 1. The number of para-hydroxylation sites is 1. The van der Waals surface area contributed by atoms with E-state index in [4.69, 9.17) is 0 Å². The highest BCUT2D eigenvalue weighted by Gasteiger charge is 2.32. The minimum Gasteiger partial charge on any atom is -0.358 e. The van der Waals surface area contributed by atoms with Crippen molar-refractivity contribution in [1.29, 1.82) is 0 Å². The summed E-state index contributed by atoms with van der Waals surface area (Å²) in [5.41, 5.74) is 2.98. The van der Waals surface area contributed by atoms with Crippen molar-refractivity contribution >= 4 is 10.9 Å². The summed E-state index contributed by atoms with van der Waals surface area (Å²) in [6.07, 6.45) is -4.76. The molecule has 3 rings (SSSR count). The lowest BCUT2D eigenvalue weighted by atomic mass is 9.96. The molecule has 1 saturated heterocycles. The second-order valence-electron chi connectivity index (χ2n) is 6.16. The molecule has 3 nitrogen and oxygen atoms in total. The first-order chi connectivity index (χ1) is 11.0. The highest BCUT2D eigenvalue weighted by atomic mass is 19.4. The molecule has 0 amide bonds. The smallest absolute Gasteiger partial charge is 0.358 e. The second-order valence-corrected chi connectivity index (χ2v) is 6.16. The number of H-pyrrole nitrogens is 1. The molecule has 6 heteroatoms. The maximum atomic E-state index is 12.8. The highest BCUT2D eigenvalue weighted by molar-refractivity contribution is 5.85. The Morgan fingerprint density at radius 2 is 1.87 bits per heavy atom. The topological polar surface area (TPSA) is 31.1 Å². The van der Waals surface area contributed by atoms with Gasteiger partial charge in [0.25, 0.3) is 0 Å². The first-order valence-electron chi connectivity index (χ1n) is 8.04. The molecule has 0 radical (unpaired) electrons. The fourth-order valence-electron chi connectivity index (χ4n) is 3.53. The molecule has 1 aromatic carbocycles. The van der Waals surface area contributed by atoms with Crippen LogP contribution in [0.4, 0.5) is 13.2 Å². The molecule has 2 aromatic rings. The minimum absolute atomic E-state index is 0.103. The Kier molecular flexibility index (Phi) is 4.64. The average molecular weight is 325 g/mol. The number of benzene rings is 1. The predicted molar refractivity (Wildman–Crippen MR) is 85.5 cm³/mol. The van der Waals surface area contributed by atoms with E-state index in [1.807, 2.05) is 31.2 Å². The lowest BCUT2D eigenvalue weighted by molar-refractivity contribution is -0.138. The van der Waals surface area contributed by atoms with Crippen molar-refractivity contribution < 1.29 is 13.2 Å². The Balaban J connectivity index is 1.96. The number of halogens is 3. The number of hydrogen-bond acceptors (Lipinski definition) is 2. The third-order valence-corrected chi connectivity index (χ3v) is 4.57. The zero-order valence-electron chi connectivity index (χ0n) is 13.2. The SMILES string of the molecule is Cc1[nH]c2ccccc2c1[C@@H](CCC(F)(F)F)N1CCNCC1. The molecule has 1 atom stereocenters. The van der Waals surface area contributed by atoms with Crippen molar-refractivity contribution in [1.82, 2.24) is 15.2 Å². The number of aromatic amines is 1. The molecular formula is C17H22F3N3. The summed E-state index contributed by atoms with van der Waals surface area (Å²) in [6, 6.07) is 7.66. The summed E-state index contributed by atoms with van der Waals surface area (Å²) in [5, 5.41) is 4.30. The van der Waals surface area contributed by atoms with Gasteiger partial charge in [0.15, 0.2) is 0 Å². The Hall–Kier alpha value is -1.53. The standard InChI is InChI=1S/C17H22F3N3/c1-12-16(13-4-2-3-5-14(13)22-12)15(6-7-17(18,19)20)23-10-8-21-9-11-23/h2-5,15,21-22H,6-11H2,1H3/t15-/m1/s1. The van der Waals surface area contributed by atoms with Gasteiger partial charge in [-0.3, -0.25) is 4.90 Å². The molecule has 0 aliphatic carbocycles. The summed E-state index contributed by atoms with van der Waals surface area (Å²) in [4.78, 5) is 5.51. The molecule has 1 aliphatic rings. The van der Waals surface area contributed by atoms with Gasteiger partial charge in [0.05, 0.1) is 0 Å². The molecule has 1 aliphatic heterocycles.